The number of carbonyl (C=O) groups excluding carboxylic acids is 1. The van der Waals surface area contributed by atoms with Gasteiger partial charge in [0.1, 0.15) is 0 Å². The van der Waals surface area contributed by atoms with Crippen molar-refractivity contribution in [3.05, 3.63) is 48.3 Å². The minimum absolute atomic E-state index is 0.110. The molecule has 2 aromatic rings. The average Bonchev–Trinajstić information content (AvgIpc) is 3.41. The quantitative estimate of drug-likeness (QED) is 0.718. The van der Waals surface area contributed by atoms with Gasteiger partial charge in [-0.15, -0.1) is 0 Å². The van der Waals surface area contributed by atoms with E-state index in [2.05, 4.69) is 40.6 Å². The summed E-state index contributed by atoms with van der Waals surface area (Å²) in [6.07, 6.45) is 8.62. The van der Waals surface area contributed by atoms with Crippen LogP contribution in [0.15, 0.2) is 37.1 Å². The fourth-order valence-corrected chi connectivity index (χ4v) is 4.81. The highest BCUT2D eigenvalue weighted by Gasteiger charge is 2.57. The Morgan fingerprint density at radius 2 is 2.24 bits per heavy atom. The van der Waals surface area contributed by atoms with Crippen LogP contribution in [-0.4, -0.2) is 70.1 Å². The molecular weight excluding hydrogens is 366 g/mol. The van der Waals surface area contributed by atoms with E-state index in [-0.39, 0.29) is 11.8 Å². The summed E-state index contributed by atoms with van der Waals surface area (Å²) in [5.74, 6) is 0.367. The zero-order chi connectivity index (χ0) is 20.4. The van der Waals surface area contributed by atoms with E-state index in [1.54, 1.807) is 13.3 Å². The van der Waals surface area contributed by atoms with Gasteiger partial charge in [0.25, 0.3) is 0 Å². The first-order valence-electron chi connectivity index (χ1n) is 10.5. The third-order valence-electron chi connectivity index (χ3n) is 6.42. The normalized spacial score (nSPS) is 25.0. The van der Waals surface area contributed by atoms with E-state index < -0.39 is 5.41 Å². The molecule has 0 radical (unpaired) electrons. The molecule has 1 amide bonds. The molecule has 0 aromatic carbocycles. The number of ether oxygens (including phenoxy) is 1. The monoisotopic (exact) mass is 397 g/mol. The molecule has 2 saturated heterocycles. The van der Waals surface area contributed by atoms with Crippen molar-refractivity contribution in [3.63, 3.8) is 0 Å². The van der Waals surface area contributed by atoms with Gasteiger partial charge < -0.3 is 14.2 Å². The van der Waals surface area contributed by atoms with Crippen LogP contribution in [0.3, 0.4) is 0 Å². The van der Waals surface area contributed by atoms with Crippen molar-refractivity contribution >= 4 is 5.91 Å². The maximum absolute atomic E-state index is 13.6. The fourth-order valence-electron chi connectivity index (χ4n) is 4.81. The van der Waals surface area contributed by atoms with Gasteiger partial charge in [-0.1, -0.05) is 6.07 Å². The number of likely N-dealkylation sites (tertiary alicyclic amines) is 2. The number of nitrogens with zero attached hydrogens (tertiary/aromatic N) is 5. The lowest BCUT2D eigenvalue weighted by Crippen LogP contribution is -2.40. The van der Waals surface area contributed by atoms with Gasteiger partial charge in [0, 0.05) is 70.4 Å². The number of aromatic nitrogens is 3. The van der Waals surface area contributed by atoms with Gasteiger partial charge in [0.2, 0.25) is 5.91 Å². The molecule has 0 N–H and O–H groups in total. The zero-order valence-electron chi connectivity index (χ0n) is 17.6. The SMILES string of the molecule is COCCN1CC[C@@]2(CN(Cc3cccnc3)C[C@@H]2c2cn(C(C)C)cn2)C1=O. The molecule has 7 heteroatoms. The highest BCUT2D eigenvalue weighted by atomic mass is 16.5. The van der Waals surface area contributed by atoms with Crippen LogP contribution in [0.2, 0.25) is 0 Å². The van der Waals surface area contributed by atoms with Crippen LogP contribution in [0.5, 0.6) is 0 Å². The summed E-state index contributed by atoms with van der Waals surface area (Å²) in [5, 5.41) is 0. The second-order valence-corrected chi connectivity index (χ2v) is 8.61. The Hall–Kier alpha value is -2.25. The topological polar surface area (TPSA) is 63.5 Å². The molecular formula is C22H31N5O2. The van der Waals surface area contributed by atoms with Gasteiger partial charge in [0.15, 0.2) is 0 Å². The van der Waals surface area contributed by atoms with E-state index in [9.17, 15) is 4.79 Å². The predicted octanol–water partition coefficient (Wildman–Crippen LogP) is 2.32. The zero-order valence-corrected chi connectivity index (χ0v) is 17.6. The minimum Gasteiger partial charge on any atom is -0.383 e. The number of hydrogen-bond acceptors (Lipinski definition) is 5. The van der Waals surface area contributed by atoms with Crippen molar-refractivity contribution < 1.29 is 9.53 Å². The number of hydrogen-bond donors (Lipinski definition) is 0. The molecule has 29 heavy (non-hydrogen) atoms. The largest absolute Gasteiger partial charge is 0.383 e. The Morgan fingerprint density at radius 3 is 2.93 bits per heavy atom. The van der Waals surface area contributed by atoms with Gasteiger partial charge in [-0.05, 0) is 31.9 Å². The molecule has 4 rings (SSSR count). The summed E-state index contributed by atoms with van der Waals surface area (Å²) in [7, 11) is 1.68. The van der Waals surface area contributed by atoms with Crippen LogP contribution in [0.4, 0.5) is 0 Å². The molecule has 2 aliphatic rings. The standard InChI is InChI=1S/C22H31N5O2/c1-17(2)27-14-20(24-16-27)19-13-25(12-18-5-4-7-23-11-18)15-22(19)6-8-26(21(22)28)9-10-29-3/h4-5,7,11,14,16-17,19H,6,8-10,12-13,15H2,1-3H3/t19-,22+/m1/s1. The van der Waals surface area contributed by atoms with Crippen molar-refractivity contribution in [1.29, 1.82) is 0 Å². The Labute approximate surface area is 172 Å². The van der Waals surface area contributed by atoms with Crippen LogP contribution in [0.25, 0.3) is 0 Å². The summed E-state index contributed by atoms with van der Waals surface area (Å²) in [4.78, 5) is 26.9. The Kier molecular flexibility index (Phi) is 5.69. The summed E-state index contributed by atoms with van der Waals surface area (Å²) < 4.78 is 7.35. The third kappa shape index (κ3) is 3.81. The molecule has 7 nitrogen and oxygen atoms in total. The molecule has 0 bridgehead atoms. The highest BCUT2D eigenvalue weighted by molar-refractivity contribution is 5.86. The van der Waals surface area contributed by atoms with Crippen molar-refractivity contribution in [1.82, 2.24) is 24.3 Å². The molecule has 1 spiro atoms. The average molecular weight is 398 g/mol. The van der Waals surface area contributed by atoms with Crippen LogP contribution in [0.1, 0.15) is 43.5 Å². The lowest BCUT2D eigenvalue weighted by atomic mass is 9.75. The summed E-state index contributed by atoms with van der Waals surface area (Å²) in [6.45, 7) is 8.75. The molecule has 4 heterocycles. The number of methoxy groups -OCH3 is 1. The first-order valence-corrected chi connectivity index (χ1v) is 10.5. The predicted molar refractivity (Wildman–Crippen MR) is 110 cm³/mol. The first-order chi connectivity index (χ1) is 14.0. The number of imidazole rings is 1. The van der Waals surface area contributed by atoms with Crippen LogP contribution >= 0.6 is 0 Å². The summed E-state index contributed by atoms with van der Waals surface area (Å²) >= 11 is 0. The third-order valence-corrected chi connectivity index (χ3v) is 6.42. The molecule has 2 atom stereocenters. The number of rotatable bonds is 7. The van der Waals surface area contributed by atoms with E-state index in [1.807, 2.05) is 23.5 Å². The first kappa shape index (κ1) is 20.0. The van der Waals surface area contributed by atoms with Crippen molar-refractivity contribution in [3.8, 4) is 0 Å². The summed E-state index contributed by atoms with van der Waals surface area (Å²) in [6, 6.07) is 4.43. The van der Waals surface area contributed by atoms with Crippen LogP contribution in [-0.2, 0) is 16.1 Å². The maximum Gasteiger partial charge on any atom is 0.230 e. The molecule has 2 aliphatic heterocycles. The van der Waals surface area contributed by atoms with Gasteiger partial charge in [-0.25, -0.2) is 4.98 Å². The van der Waals surface area contributed by atoms with E-state index in [0.29, 0.717) is 19.2 Å². The molecule has 0 unspecified atom stereocenters. The molecule has 2 fully saturated rings. The molecule has 156 valence electrons. The maximum atomic E-state index is 13.6. The van der Waals surface area contributed by atoms with E-state index >= 15 is 0 Å². The van der Waals surface area contributed by atoms with Crippen molar-refractivity contribution in [2.75, 3.05) is 39.9 Å². The van der Waals surface area contributed by atoms with Crippen molar-refractivity contribution in [2.45, 2.75) is 38.8 Å². The lowest BCUT2D eigenvalue weighted by Gasteiger charge is -2.28. The molecule has 2 aromatic heterocycles. The van der Waals surface area contributed by atoms with E-state index in [1.165, 1.54) is 5.56 Å². The fraction of sp³-hybridized carbons (Fsp3) is 0.591. The van der Waals surface area contributed by atoms with Gasteiger partial charge in [-0.3, -0.25) is 14.7 Å². The van der Waals surface area contributed by atoms with Crippen molar-refractivity contribution in [2.24, 2.45) is 5.41 Å². The smallest absolute Gasteiger partial charge is 0.230 e. The second-order valence-electron chi connectivity index (χ2n) is 8.61. The number of carbonyl (C=O) groups is 1. The number of pyridine rings is 1. The Bertz CT molecular complexity index is 837. The van der Waals surface area contributed by atoms with E-state index in [4.69, 9.17) is 9.72 Å². The Balaban J connectivity index is 1.61. The minimum atomic E-state index is -0.397. The van der Waals surface area contributed by atoms with Crippen LogP contribution < -0.4 is 0 Å². The van der Waals surface area contributed by atoms with Gasteiger partial charge in [0.05, 0.1) is 24.0 Å². The van der Waals surface area contributed by atoms with Gasteiger partial charge in [-0.2, -0.15) is 0 Å². The second kappa shape index (κ2) is 8.24. The molecule has 0 aliphatic carbocycles. The highest BCUT2D eigenvalue weighted by Crippen LogP contribution is 2.49. The summed E-state index contributed by atoms with van der Waals surface area (Å²) in [5.41, 5.74) is 1.82. The Morgan fingerprint density at radius 1 is 1.38 bits per heavy atom. The van der Waals surface area contributed by atoms with Crippen LogP contribution in [0, 0.1) is 5.41 Å². The number of amides is 1. The van der Waals surface area contributed by atoms with Gasteiger partial charge >= 0.3 is 0 Å². The van der Waals surface area contributed by atoms with E-state index in [0.717, 1.165) is 38.3 Å². The lowest BCUT2D eigenvalue weighted by molar-refractivity contribution is -0.136. The molecule has 0 saturated carbocycles.